The van der Waals surface area contributed by atoms with Crippen LogP contribution in [0, 0.1) is 0 Å². The van der Waals surface area contributed by atoms with Gasteiger partial charge < -0.3 is 5.32 Å². The Balaban J connectivity index is 1.87. The summed E-state index contributed by atoms with van der Waals surface area (Å²) in [5.74, 6) is 0.990. The van der Waals surface area contributed by atoms with E-state index in [0.717, 1.165) is 30.3 Å². The molecule has 1 aliphatic rings. The molecule has 1 aliphatic carbocycles. The molecule has 17 heavy (non-hydrogen) atoms. The van der Waals surface area contributed by atoms with Crippen molar-refractivity contribution in [2.24, 2.45) is 0 Å². The van der Waals surface area contributed by atoms with Crippen LogP contribution in [0.25, 0.3) is 0 Å². The number of nitrogens with one attached hydrogen (secondary N) is 1. The van der Waals surface area contributed by atoms with E-state index in [-0.39, 0.29) is 0 Å². The van der Waals surface area contributed by atoms with Gasteiger partial charge in [-0.15, -0.1) is 0 Å². The van der Waals surface area contributed by atoms with Crippen LogP contribution in [0.15, 0.2) is 0 Å². The van der Waals surface area contributed by atoms with Gasteiger partial charge in [-0.25, -0.2) is 4.98 Å². The predicted octanol–water partition coefficient (Wildman–Crippen LogP) is 3.58. The van der Waals surface area contributed by atoms with Crippen molar-refractivity contribution in [1.29, 1.82) is 0 Å². The molecule has 1 N–H and O–H groups in total. The fourth-order valence-electron chi connectivity index (χ4n) is 2.36. The maximum Gasteiger partial charge on any atom is 0.202 e. The molecule has 1 aromatic rings. The Morgan fingerprint density at radius 1 is 1.41 bits per heavy atom. The van der Waals surface area contributed by atoms with Crippen molar-refractivity contribution in [3.05, 3.63) is 5.82 Å². The molecule has 1 saturated carbocycles. The highest BCUT2D eigenvalue weighted by atomic mass is 32.2. The van der Waals surface area contributed by atoms with Crippen molar-refractivity contribution in [2.45, 2.75) is 50.2 Å². The Labute approximate surface area is 112 Å². The van der Waals surface area contributed by atoms with Crippen LogP contribution in [-0.2, 0) is 6.42 Å². The molecular formula is C12H21N3S2. The van der Waals surface area contributed by atoms with Crippen molar-refractivity contribution < 1.29 is 0 Å². The molecule has 0 aromatic carbocycles. The molecule has 0 saturated heterocycles. The van der Waals surface area contributed by atoms with Crippen LogP contribution >= 0.6 is 23.3 Å². The summed E-state index contributed by atoms with van der Waals surface area (Å²) in [6.07, 6.45) is 9.76. The molecule has 0 radical (unpaired) electrons. The Morgan fingerprint density at radius 3 is 2.82 bits per heavy atom. The third-order valence-electron chi connectivity index (χ3n) is 3.45. The Bertz CT molecular complexity index is 345. The molecule has 1 heterocycles. The van der Waals surface area contributed by atoms with E-state index in [1.54, 1.807) is 0 Å². The highest BCUT2D eigenvalue weighted by Crippen LogP contribution is 2.40. The molecule has 5 heteroatoms. The standard InChI is InChI=1S/C12H21N3S2/c1-3-6-10-14-11(17-15-10)13-9-12(16-2)7-4-5-8-12/h3-9H2,1-2H3,(H,13,14,15). The summed E-state index contributed by atoms with van der Waals surface area (Å²) in [5.41, 5.74) is 0. The summed E-state index contributed by atoms with van der Waals surface area (Å²) in [7, 11) is 0. The zero-order valence-corrected chi connectivity index (χ0v) is 12.3. The predicted molar refractivity (Wildman–Crippen MR) is 77.1 cm³/mol. The van der Waals surface area contributed by atoms with Crippen molar-refractivity contribution >= 4 is 28.4 Å². The van der Waals surface area contributed by atoms with E-state index in [9.17, 15) is 0 Å². The van der Waals surface area contributed by atoms with Gasteiger partial charge in [-0.05, 0) is 25.5 Å². The quantitative estimate of drug-likeness (QED) is 0.858. The van der Waals surface area contributed by atoms with Gasteiger partial charge >= 0.3 is 0 Å². The second-order valence-electron chi connectivity index (χ2n) is 4.71. The molecule has 0 atom stereocenters. The molecule has 0 amide bonds. The van der Waals surface area contributed by atoms with Gasteiger partial charge in [0.1, 0.15) is 5.82 Å². The average Bonchev–Trinajstić information content (AvgIpc) is 2.96. The van der Waals surface area contributed by atoms with Gasteiger partial charge in [-0.1, -0.05) is 19.8 Å². The zero-order chi connectivity index (χ0) is 12.1. The number of anilines is 1. The number of aryl methyl sites for hydroxylation is 1. The lowest BCUT2D eigenvalue weighted by Crippen LogP contribution is -2.29. The first kappa shape index (κ1) is 13.1. The van der Waals surface area contributed by atoms with Crippen LogP contribution in [0.5, 0.6) is 0 Å². The normalized spacial score (nSPS) is 18.5. The fourth-order valence-corrected chi connectivity index (χ4v) is 3.88. The van der Waals surface area contributed by atoms with Crippen LogP contribution in [0.3, 0.4) is 0 Å². The van der Waals surface area contributed by atoms with E-state index < -0.39 is 0 Å². The van der Waals surface area contributed by atoms with Gasteiger partial charge in [0.05, 0.1) is 0 Å². The van der Waals surface area contributed by atoms with E-state index >= 15 is 0 Å². The summed E-state index contributed by atoms with van der Waals surface area (Å²) in [6.45, 7) is 3.20. The number of aromatic nitrogens is 2. The number of nitrogens with zero attached hydrogens (tertiary/aromatic N) is 2. The lowest BCUT2D eigenvalue weighted by Gasteiger charge is -2.26. The van der Waals surface area contributed by atoms with Gasteiger partial charge in [0.15, 0.2) is 0 Å². The van der Waals surface area contributed by atoms with Gasteiger partial charge in [-0.3, -0.25) is 0 Å². The van der Waals surface area contributed by atoms with Gasteiger partial charge in [0.2, 0.25) is 5.13 Å². The van der Waals surface area contributed by atoms with Crippen LogP contribution in [0.2, 0.25) is 0 Å². The van der Waals surface area contributed by atoms with Crippen molar-refractivity contribution in [3.63, 3.8) is 0 Å². The fraction of sp³-hybridized carbons (Fsp3) is 0.833. The molecule has 3 nitrogen and oxygen atoms in total. The van der Waals surface area contributed by atoms with Crippen molar-refractivity contribution in [2.75, 3.05) is 18.1 Å². The SMILES string of the molecule is CCCc1nsc(NCC2(SC)CCCC2)n1. The van der Waals surface area contributed by atoms with E-state index in [4.69, 9.17) is 0 Å². The lowest BCUT2D eigenvalue weighted by atomic mass is 10.1. The third-order valence-corrected chi connectivity index (χ3v) is 5.58. The maximum absolute atomic E-state index is 4.51. The van der Waals surface area contributed by atoms with Gasteiger partial charge in [-0.2, -0.15) is 16.1 Å². The smallest absolute Gasteiger partial charge is 0.202 e. The Hall–Kier alpha value is -0.290. The first-order valence-corrected chi connectivity index (χ1v) is 8.39. The summed E-state index contributed by atoms with van der Waals surface area (Å²) >= 11 is 3.51. The summed E-state index contributed by atoms with van der Waals surface area (Å²) < 4.78 is 4.80. The zero-order valence-electron chi connectivity index (χ0n) is 10.7. The molecular weight excluding hydrogens is 250 g/mol. The largest absolute Gasteiger partial charge is 0.359 e. The molecule has 2 rings (SSSR count). The van der Waals surface area contributed by atoms with E-state index in [2.05, 4.69) is 27.9 Å². The lowest BCUT2D eigenvalue weighted by molar-refractivity contribution is 0.639. The van der Waals surface area contributed by atoms with Gasteiger partial charge in [0, 0.05) is 29.2 Å². The second kappa shape index (κ2) is 6.05. The second-order valence-corrected chi connectivity index (χ2v) is 6.74. The minimum atomic E-state index is 0.441. The van der Waals surface area contributed by atoms with Crippen LogP contribution in [0.4, 0.5) is 5.13 Å². The minimum absolute atomic E-state index is 0.441. The molecule has 0 aliphatic heterocycles. The first-order chi connectivity index (χ1) is 8.28. The highest BCUT2D eigenvalue weighted by molar-refractivity contribution is 8.00. The maximum atomic E-state index is 4.51. The number of hydrogen-bond acceptors (Lipinski definition) is 5. The Morgan fingerprint density at radius 2 is 2.18 bits per heavy atom. The van der Waals surface area contributed by atoms with Crippen LogP contribution in [0.1, 0.15) is 44.9 Å². The Kier molecular flexibility index (Phi) is 4.68. The summed E-state index contributed by atoms with van der Waals surface area (Å²) in [4.78, 5) is 4.51. The average molecular weight is 271 g/mol. The minimum Gasteiger partial charge on any atom is -0.359 e. The van der Waals surface area contributed by atoms with Crippen molar-refractivity contribution in [1.82, 2.24) is 9.36 Å². The molecule has 0 spiro atoms. The number of thioether (sulfide) groups is 1. The highest BCUT2D eigenvalue weighted by Gasteiger charge is 2.32. The summed E-state index contributed by atoms with van der Waals surface area (Å²) in [6, 6.07) is 0. The molecule has 96 valence electrons. The molecule has 0 unspecified atom stereocenters. The molecule has 1 fully saturated rings. The first-order valence-electron chi connectivity index (χ1n) is 6.39. The van der Waals surface area contributed by atoms with Crippen LogP contribution in [-0.4, -0.2) is 26.9 Å². The monoisotopic (exact) mass is 271 g/mol. The van der Waals surface area contributed by atoms with E-state index in [1.807, 2.05) is 11.8 Å². The number of rotatable bonds is 6. The van der Waals surface area contributed by atoms with Crippen molar-refractivity contribution in [3.8, 4) is 0 Å². The van der Waals surface area contributed by atoms with E-state index in [1.165, 1.54) is 37.2 Å². The van der Waals surface area contributed by atoms with Crippen LogP contribution < -0.4 is 5.32 Å². The van der Waals surface area contributed by atoms with E-state index in [0.29, 0.717) is 4.75 Å². The molecule has 1 aromatic heterocycles. The number of hydrogen-bond donors (Lipinski definition) is 1. The topological polar surface area (TPSA) is 37.8 Å². The molecule has 0 bridgehead atoms. The summed E-state index contributed by atoms with van der Waals surface area (Å²) in [5, 5.41) is 4.48. The third kappa shape index (κ3) is 3.35. The van der Waals surface area contributed by atoms with Gasteiger partial charge in [0.25, 0.3) is 0 Å².